The highest BCUT2D eigenvalue weighted by atomic mass is 16.5. The van der Waals surface area contributed by atoms with Gasteiger partial charge in [0.2, 0.25) is 0 Å². The maximum absolute atomic E-state index is 11.7. The van der Waals surface area contributed by atoms with Gasteiger partial charge in [-0.05, 0) is 117 Å². The van der Waals surface area contributed by atoms with Gasteiger partial charge in [0.1, 0.15) is 0 Å². The van der Waals surface area contributed by atoms with E-state index in [1.54, 1.807) is 0 Å². The average molecular weight is 475 g/mol. The van der Waals surface area contributed by atoms with Crippen LogP contribution in [0.3, 0.4) is 0 Å². The molecule has 192 valence electrons. The SMILES string of the molecule is CC(C)(O)[C@@H]1CC[C@@]2(C[C@]34CC[C@@]56C[C@@]57CC[C@H](O)C(C)(C)[C@@H]7[C@@H](O)C[C@H]6[C@]3(C)C[C@H](O)[C@H]24)O1. The van der Waals surface area contributed by atoms with Crippen LogP contribution in [0.25, 0.3) is 0 Å². The van der Waals surface area contributed by atoms with Gasteiger partial charge in [0, 0.05) is 5.92 Å². The fourth-order valence-electron chi connectivity index (χ4n) is 12.7. The molecule has 0 radical (unpaired) electrons. The summed E-state index contributed by atoms with van der Waals surface area (Å²) in [6.07, 6.45) is 8.72. The van der Waals surface area contributed by atoms with Crippen LogP contribution in [0.5, 0.6) is 0 Å². The van der Waals surface area contributed by atoms with Crippen LogP contribution < -0.4 is 0 Å². The van der Waals surface area contributed by atoms with Gasteiger partial charge in [-0.2, -0.15) is 0 Å². The van der Waals surface area contributed by atoms with E-state index >= 15 is 0 Å². The van der Waals surface area contributed by atoms with Gasteiger partial charge in [-0.15, -0.1) is 0 Å². The standard InChI is InChI=1S/C29H46O5/c1-23(2)19(32)6-8-28-14-26(28)10-11-27-15-29(9-7-20(34-29)24(3,4)33)22(27)17(31)13-25(27,5)18(26)12-16(30)21(23)28/h16-22,30-33H,6-15H2,1-5H3/t16-,17-,18-,19-,20-,21-,22-,25-,26-,27-,28+,29-/m0/s1. The Bertz CT molecular complexity index is 926. The Morgan fingerprint density at radius 3 is 2.18 bits per heavy atom. The van der Waals surface area contributed by atoms with E-state index in [9.17, 15) is 20.4 Å². The number of aliphatic hydroxyl groups excluding tert-OH is 3. The first-order valence-electron chi connectivity index (χ1n) is 14.1. The van der Waals surface area contributed by atoms with E-state index in [2.05, 4.69) is 20.8 Å². The minimum atomic E-state index is -0.850. The maximum atomic E-state index is 11.7. The van der Waals surface area contributed by atoms with Crippen molar-refractivity contribution in [1.82, 2.24) is 0 Å². The largest absolute Gasteiger partial charge is 0.393 e. The fourth-order valence-corrected chi connectivity index (χ4v) is 12.7. The van der Waals surface area contributed by atoms with Crippen molar-refractivity contribution >= 4 is 0 Å². The van der Waals surface area contributed by atoms with E-state index in [1.807, 2.05) is 13.8 Å². The summed E-state index contributed by atoms with van der Waals surface area (Å²) in [6.45, 7) is 10.5. The van der Waals surface area contributed by atoms with Crippen LogP contribution in [0.15, 0.2) is 0 Å². The zero-order valence-electron chi connectivity index (χ0n) is 21.8. The maximum Gasteiger partial charge on any atom is 0.0865 e. The van der Waals surface area contributed by atoms with E-state index in [0.29, 0.717) is 5.92 Å². The summed E-state index contributed by atoms with van der Waals surface area (Å²) >= 11 is 0. The fraction of sp³-hybridized carbons (Fsp3) is 1.00. The highest BCUT2D eigenvalue weighted by Gasteiger charge is 2.88. The van der Waals surface area contributed by atoms with Gasteiger partial charge >= 0.3 is 0 Å². The van der Waals surface area contributed by atoms with Gasteiger partial charge in [0.05, 0.1) is 35.6 Å². The highest BCUT2D eigenvalue weighted by molar-refractivity contribution is 5.36. The molecule has 4 N–H and O–H groups in total. The van der Waals surface area contributed by atoms with Crippen LogP contribution in [0, 0.1) is 44.8 Å². The third-order valence-electron chi connectivity index (χ3n) is 13.9. The number of rotatable bonds is 1. The molecule has 6 aliphatic carbocycles. The molecule has 7 fully saturated rings. The molecule has 0 aromatic heterocycles. The molecule has 5 nitrogen and oxygen atoms in total. The second kappa shape index (κ2) is 6.09. The van der Waals surface area contributed by atoms with Gasteiger partial charge in [-0.3, -0.25) is 0 Å². The quantitative estimate of drug-likeness (QED) is 0.464. The Kier molecular flexibility index (Phi) is 4.11. The van der Waals surface area contributed by atoms with Crippen LogP contribution in [0.4, 0.5) is 0 Å². The lowest BCUT2D eigenvalue weighted by Crippen LogP contribution is -2.70. The summed E-state index contributed by atoms with van der Waals surface area (Å²) in [4.78, 5) is 0. The number of fused-ring (bicyclic) bond motifs is 2. The lowest BCUT2D eigenvalue weighted by molar-refractivity contribution is -0.290. The normalized spacial score (nSPS) is 63.3. The summed E-state index contributed by atoms with van der Waals surface area (Å²) in [7, 11) is 0. The Balaban J connectivity index is 1.24. The molecule has 6 saturated carbocycles. The first kappa shape index (κ1) is 23.0. The Hall–Kier alpha value is -0.200. The van der Waals surface area contributed by atoms with E-state index in [0.717, 1.165) is 51.4 Å². The molecule has 0 unspecified atom stereocenters. The molecular weight excluding hydrogens is 428 g/mol. The van der Waals surface area contributed by atoms with Crippen molar-refractivity contribution in [3.63, 3.8) is 0 Å². The van der Waals surface area contributed by atoms with E-state index in [1.165, 1.54) is 12.8 Å². The van der Waals surface area contributed by atoms with Crippen molar-refractivity contribution in [1.29, 1.82) is 0 Å². The van der Waals surface area contributed by atoms with Crippen LogP contribution in [-0.4, -0.2) is 56.0 Å². The Labute approximate surface area is 204 Å². The van der Waals surface area contributed by atoms with Crippen LogP contribution >= 0.6 is 0 Å². The van der Waals surface area contributed by atoms with Crippen molar-refractivity contribution in [3.8, 4) is 0 Å². The summed E-state index contributed by atoms with van der Waals surface area (Å²) < 4.78 is 6.65. The van der Waals surface area contributed by atoms with Crippen molar-refractivity contribution in [2.75, 3.05) is 0 Å². The molecule has 0 bridgehead atoms. The van der Waals surface area contributed by atoms with Crippen molar-refractivity contribution in [2.45, 2.75) is 134 Å². The molecule has 0 aromatic carbocycles. The predicted molar refractivity (Wildman–Crippen MR) is 128 cm³/mol. The highest BCUT2D eigenvalue weighted by Crippen LogP contribution is 2.91. The minimum absolute atomic E-state index is 0.0203. The van der Waals surface area contributed by atoms with Gasteiger partial charge < -0.3 is 25.2 Å². The molecular formula is C29H46O5. The average Bonchev–Trinajstić information content (AvgIpc) is 3.01. The molecule has 4 spiro atoms. The molecule has 0 amide bonds. The minimum Gasteiger partial charge on any atom is -0.393 e. The van der Waals surface area contributed by atoms with Gasteiger partial charge in [-0.25, -0.2) is 0 Å². The molecule has 0 aromatic rings. The predicted octanol–water partition coefficient (Wildman–Crippen LogP) is 3.80. The first-order valence-corrected chi connectivity index (χ1v) is 14.1. The second-order valence-corrected chi connectivity index (χ2v) is 15.6. The monoisotopic (exact) mass is 474 g/mol. The Morgan fingerprint density at radius 1 is 0.794 bits per heavy atom. The lowest BCUT2D eigenvalue weighted by atomic mass is 9.35. The second-order valence-electron chi connectivity index (χ2n) is 15.6. The number of ether oxygens (including phenoxy) is 1. The smallest absolute Gasteiger partial charge is 0.0865 e. The summed E-state index contributed by atoms with van der Waals surface area (Å²) in [5, 5.41) is 44.7. The molecule has 12 atom stereocenters. The zero-order chi connectivity index (χ0) is 24.3. The summed E-state index contributed by atoms with van der Waals surface area (Å²) in [5.41, 5.74) is -0.814. The third kappa shape index (κ3) is 2.21. The van der Waals surface area contributed by atoms with Gasteiger partial charge in [-0.1, -0.05) is 20.8 Å². The molecule has 1 aliphatic heterocycles. The number of hydrogen-bond donors (Lipinski definition) is 4. The topological polar surface area (TPSA) is 90.2 Å². The van der Waals surface area contributed by atoms with Crippen molar-refractivity contribution in [3.05, 3.63) is 0 Å². The first-order chi connectivity index (χ1) is 15.7. The van der Waals surface area contributed by atoms with Crippen LogP contribution in [0.2, 0.25) is 0 Å². The van der Waals surface area contributed by atoms with E-state index in [-0.39, 0.29) is 68.9 Å². The van der Waals surface area contributed by atoms with Crippen LogP contribution in [0.1, 0.15) is 98.8 Å². The molecule has 5 heteroatoms. The van der Waals surface area contributed by atoms with Crippen molar-refractivity contribution in [2.24, 2.45) is 44.8 Å². The van der Waals surface area contributed by atoms with Crippen molar-refractivity contribution < 1.29 is 25.2 Å². The molecule has 34 heavy (non-hydrogen) atoms. The molecule has 1 saturated heterocycles. The number of hydrogen-bond acceptors (Lipinski definition) is 5. The van der Waals surface area contributed by atoms with Gasteiger partial charge in [0.25, 0.3) is 0 Å². The van der Waals surface area contributed by atoms with E-state index in [4.69, 9.17) is 4.74 Å². The Morgan fingerprint density at radius 2 is 1.50 bits per heavy atom. The summed E-state index contributed by atoms with van der Waals surface area (Å²) in [6, 6.07) is 0. The molecule has 1 heterocycles. The third-order valence-corrected chi connectivity index (χ3v) is 13.9. The molecule has 7 rings (SSSR count). The van der Waals surface area contributed by atoms with E-state index < -0.39 is 5.60 Å². The zero-order valence-corrected chi connectivity index (χ0v) is 21.8. The lowest BCUT2D eigenvalue weighted by Gasteiger charge is -2.70. The number of aliphatic hydroxyl groups is 4. The van der Waals surface area contributed by atoms with Gasteiger partial charge in [0.15, 0.2) is 0 Å². The summed E-state index contributed by atoms with van der Waals surface area (Å²) in [5.74, 6) is 0.775. The van der Waals surface area contributed by atoms with Crippen LogP contribution in [-0.2, 0) is 4.74 Å². The molecule has 7 aliphatic rings.